The van der Waals surface area contributed by atoms with Gasteiger partial charge >= 0.3 is 0 Å². The molecular formula is C18H17N. The predicted molar refractivity (Wildman–Crippen MR) is 82.4 cm³/mol. The minimum atomic E-state index is 0.760. The van der Waals surface area contributed by atoms with Crippen molar-refractivity contribution in [3.63, 3.8) is 0 Å². The maximum atomic E-state index is 5.66. The van der Waals surface area contributed by atoms with Crippen molar-refractivity contribution in [1.82, 2.24) is 0 Å². The van der Waals surface area contributed by atoms with Crippen LogP contribution < -0.4 is 5.73 Å². The summed E-state index contributed by atoms with van der Waals surface area (Å²) in [5.74, 6) is 6.45. The Bertz CT molecular complexity index is 634. The van der Waals surface area contributed by atoms with Gasteiger partial charge in [-0.2, -0.15) is 0 Å². The molecule has 0 unspecified atom stereocenters. The van der Waals surface area contributed by atoms with Gasteiger partial charge in [0.1, 0.15) is 0 Å². The van der Waals surface area contributed by atoms with Crippen molar-refractivity contribution < 1.29 is 0 Å². The number of hydrogen-bond acceptors (Lipinski definition) is 1. The molecule has 0 amide bonds. The average Bonchev–Trinajstić information content (AvgIpc) is 2.42. The van der Waals surface area contributed by atoms with Crippen LogP contribution in [0, 0.1) is 11.8 Å². The van der Waals surface area contributed by atoms with E-state index in [1.165, 1.54) is 5.57 Å². The zero-order valence-electron chi connectivity index (χ0n) is 11.3. The maximum Gasteiger partial charge on any atom is 0.0314 e. The summed E-state index contributed by atoms with van der Waals surface area (Å²) in [6, 6.07) is 17.9. The monoisotopic (exact) mass is 247 g/mol. The molecule has 0 radical (unpaired) electrons. The van der Waals surface area contributed by atoms with E-state index >= 15 is 0 Å². The third-order valence-corrected chi connectivity index (χ3v) is 2.80. The number of allylic oxidation sites excluding steroid dienone is 2. The van der Waals surface area contributed by atoms with E-state index in [0.717, 1.165) is 22.4 Å². The van der Waals surface area contributed by atoms with E-state index in [-0.39, 0.29) is 0 Å². The van der Waals surface area contributed by atoms with Gasteiger partial charge in [0.05, 0.1) is 0 Å². The number of rotatable bonds is 1. The first kappa shape index (κ1) is 13.0. The standard InChI is InChI=1S/C18H17N/c1-14(2)18(16-6-4-3-5-7-16)13-10-15-8-11-17(19)12-9-15/h3-9,11-12H,19H2,1-2H3. The van der Waals surface area contributed by atoms with Gasteiger partial charge in [-0.15, -0.1) is 0 Å². The molecule has 94 valence electrons. The fraction of sp³-hybridized carbons (Fsp3) is 0.111. The highest BCUT2D eigenvalue weighted by molar-refractivity contribution is 5.81. The quantitative estimate of drug-likeness (QED) is 0.595. The topological polar surface area (TPSA) is 26.0 Å². The lowest BCUT2D eigenvalue weighted by Gasteiger charge is -2.02. The summed E-state index contributed by atoms with van der Waals surface area (Å²) in [5, 5.41) is 0. The second-order valence-electron chi connectivity index (χ2n) is 4.61. The van der Waals surface area contributed by atoms with Gasteiger partial charge in [0.15, 0.2) is 0 Å². The Balaban J connectivity index is 2.35. The molecule has 0 fully saturated rings. The highest BCUT2D eigenvalue weighted by atomic mass is 14.5. The maximum absolute atomic E-state index is 5.66. The molecule has 0 saturated heterocycles. The lowest BCUT2D eigenvalue weighted by atomic mass is 10.0. The van der Waals surface area contributed by atoms with Crippen molar-refractivity contribution in [3.8, 4) is 11.8 Å². The molecule has 0 aliphatic heterocycles. The smallest absolute Gasteiger partial charge is 0.0314 e. The summed E-state index contributed by atoms with van der Waals surface area (Å²) in [6.07, 6.45) is 0. The van der Waals surface area contributed by atoms with Crippen LogP contribution in [0.2, 0.25) is 0 Å². The first-order valence-electron chi connectivity index (χ1n) is 6.27. The summed E-state index contributed by atoms with van der Waals surface area (Å²) in [7, 11) is 0. The molecule has 19 heavy (non-hydrogen) atoms. The third kappa shape index (κ3) is 3.50. The molecule has 0 aromatic heterocycles. The van der Waals surface area contributed by atoms with Gasteiger partial charge in [0.25, 0.3) is 0 Å². The van der Waals surface area contributed by atoms with Crippen molar-refractivity contribution in [3.05, 3.63) is 71.3 Å². The van der Waals surface area contributed by atoms with E-state index in [2.05, 4.69) is 37.8 Å². The number of anilines is 1. The fourth-order valence-electron chi connectivity index (χ4n) is 1.79. The lowest BCUT2D eigenvalue weighted by molar-refractivity contribution is 1.40. The van der Waals surface area contributed by atoms with Crippen molar-refractivity contribution in [2.45, 2.75) is 13.8 Å². The summed E-state index contributed by atoms with van der Waals surface area (Å²) in [6.45, 7) is 4.17. The first-order chi connectivity index (χ1) is 9.16. The van der Waals surface area contributed by atoms with E-state index in [9.17, 15) is 0 Å². The molecule has 0 bridgehead atoms. The van der Waals surface area contributed by atoms with Crippen LogP contribution in [0.5, 0.6) is 0 Å². The van der Waals surface area contributed by atoms with E-state index in [1.54, 1.807) is 0 Å². The zero-order valence-corrected chi connectivity index (χ0v) is 11.3. The Labute approximate surface area is 114 Å². The van der Waals surface area contributed by atoms with Gasteiger partial charge in [-0.1, -0.05) is 47.7 Å². The van der Waals surface area contributed by atoms with Crippen LogP contribution in [-0.4, -0.2) is 0 Å². The van der Waals surface area contributed by atoms with Crippen LogP contribution in [0.4, 0.5) is 5.69 Å². The average molecular weight is 247 g/mol. The molecule has 0 atom stereocenters. The summed E-state index contributed by atoms with van der Waals surface area (Å²) in [5.41, 5.74) is 10.9. The Kier molecular flexibility index (Phi) is 4.05. The third-order valence-electron chi connectivity index (χ3n) is 2.80. The lowest BCUT2D eigenvalue weighted by Crippen LogP contribution is -1.85. The molecule has 1 heteroatoms. The molecule has 0 spiro atoms. The van der Waals surface area contributed by atoms with Crippen LogP contribution in [0.15, 0.2) is 60.2 Å². The molecule has 1 nitrogen and oxygen atoms in total. The van der Waals surface area contributed by atoms with Gasteiger partial charge in [-0.25, -0.2) is 0 Å². The highest BCUT2D eigenvalue weighted by Crippen LogP contribution is 2.17. The number of benzene rings is 2. The van der Waals surface area contributed by atoms with Gasteiger partial charge in [-0.3, -0.25) is 0 Å². The van der Waals surface area contributed by atoms with Gasteiger partial charge in [0.2, 0.25) is 0 Å². The molecule has 0 aliphatic carbocycles. The van der Waals surface area contributed by atoms with E-state index in [4.69, 9.17) is 5.73 Å². The number of nitrogens with two attached hydrogens (primary N) is 1. The van der Waals surface area contributed by atoms with E-state index in [0.29, 0.717) is 0 Å². The zero-order chi connectivity index (χ0) is 13.7. The van der Waals surface area contributed by atoms with Crippen LogP contribution in [0.1, 0.15) is 25.0 Å². The van der Waals surface area contributed by atoms with Crippen molar-refractivity contribution in [1.29, 1.82) is 0 Å². The van der Waals surface area contributed by atoms with Gasteiger partial charge in [0, 0.05) is 16.8 Å². The molecule has 0 saturated carbocycles. The fourth-order valence-corrected chi connectivity index (χ4v) is 1.79. The van der Waals surface area contributed by atoms with Gasteiger partial charge in [-0.05, 0) is 43.7 Å². The van der Waals surface area contributed by atoms with Crippen LogP contribution in [0.3, 0.4) is 0 Å². The first-order valence-corrected chi connectivity index (χ1v) is 6.27. The largest absolute Gasteiger partial charge is 0.399 e. The van der Waals surface area contributed by atoms with E-state index in [1.807, 2.05) is 42.5 Å². The van der Waals surface area contributed by atoms with Gasteiger partial charge < -0.3 is 5.73 Å². The summed E-state index contributed by atoms with van der Waals surface area (Å²) < 4.78 is 0. The summed E-state index contributed by atoms with van der Waals surface area (Å²) in [4.78, 5) is 0. The number of nitrogen functional groups attached to an aromatic ring is 1. The van der Waals surface area contributed by atoms with Crippen molar-refractivity contribution >= 4 is 11.3 Å². The number of hydrogen-bond donors (Lipinski definition) is 1. The molecule has 0 heterocycles. The molecular weight excluding hydrogens is 230 g/mol. The Morgan fingerprint density at radius 1 is 0.895 bits per heavy atom. The van der Waals surface area contributed by atoms with E-state index < -0.39 is 0 Å². The predicted octanol–water partition coefficient (Wildman–Crippen LogP) is 4.11. The Morgan fingerprint density at radius 2 is 1.53 bits per heavy atom. The minimum Gasteiger partial charge on any atom is -0.399 e. The van der Waals surface area contributed by atoms with Crippen LogP contribution in [-0.2, 0) is 0 Å². The Hall–Kier alpha value is -2.46. The second-order valence-corrected chi connectivity index (χ2v) is 4.61. The molecule has 2 rings (SSSR count). The SMILES string of the molecule is CC(C)=C(C#Cc1ccc(N)cc1)c1ccccc1. The van der Waals surface area contributed by atoms with Crippen molar-refractivity contribution in [2.24, 2.45) is 0 Å². The second kappa shape index (κ2) is 5.93. The molecule has 2 aromatic rings. The Morgan fingerprint density at radius 3 is 2.11 bits per heavy atom. The van der Waals surface area contributed by atoms with Crippen LogP contribution in [0.25, 0.3) is 5.57 Å². The minimum absolute atomic E-state index is 0.760. The highest BCUT2D eigenvalue weighted by Gasteiger charge is 1.99. The van der Waals surface area contributed by atoms with Crippen LogP contribution >= 0.6 is 0 Å². The molecule has 0 aliphatic rings. The summed E-state index contributed by atoms with van der Waals surface area (Å²) >= 11 is 0. The van der Waals surface area contributed by atoms with Crippen molar-refractivity contribution in [2.75, 3.05) is 5.73 Å². The normalized spacial score (nSPS) is 9.37. The molecule has 2 N–H and O–H groups in total. The molecule has 2 aromatic carbocycles.